The van der Waals surface area contributed by atoms with Gasteiger partial charge >= 0.3 is 11.9 Å². The van der Waals surface area contributed by atoms with Crippen molar-refractivity contribution in [2.75, 3.05) is 6.61 Å². The van der Waals surface area contributed by atoms with Crippen LogP contribution < -0.4 is 0 Å². The van der Waals surface area contributed by atoms with Gasteiger partial charge in [-0.05, 0) is 30.7 Å². The van der Waals surface area contributed by atoms with Gasteiger partial charge in [0.15, 0.2) is 0 Å². The van der Waals surface area contributed by atoms with Crippen LogP contribution in [0.4, 0.5) is 4.39 Å². The predicted octanol–water partition coefficient (Wildman–Crippen LogP) is 3.33. The molecule has 0 saturated carbocycles. The third-order valence-electron chi connectivity index (χ3n) is 2.22. The van der Waals surface area contributed by atoms with Gasteiger partial charge in [-0.1, -0.05) is 28.5 Å². The quantitative estimate of drug-likeness (QED) is 0.622. The van der Waals surface area contributed by atoms with Gasteiger partial charge in [-0.25, -0.2) is 9.18 Å². The monoisotopic (exact) mass is 316 g/mol. The molecule has 0 aliphatic heterocycles. The van der Waals surface area contributed by atoms with Crippen molar-refractivity contribution in [3.8, 4) is 0 Å². The highest BCUT2D eigenvalue weighted by Crippen LogP contribution is 2.26. The highest BCUT2D eigenvalue weighted by molar-refractivity contribution is 7.98. The molecule has 1 aromatic carbocycles. The molecule has 2 rings (SSSR count). The van der Waals surface area contributed by atoms with Crippen molar-refractivity contribution >= 4 is 29.3 Å². The fraction of sp³-hybridized carbons (Fsp3) is 0.250. The van der Waals surface area contributed by atoms with Gasteiger partial charge in [-0.15, -0.1) is 5.10 Å². The lowest BCUT2D eigenvalue weighted by Crippen LogP contribution is -2.04. The Labute approximate surface area is 123 Å². The molecule has 0 amide bonds. The lowest BCUT2D eigenvalue weighted by atomic mass is 10.2. The largest absolute Gasteiger partial charge is 0.459 e. The Morgan fingerprint density at radius 1 is 1.50 bits per heavy atom. The normalized spacial score (nSPS) is 10.6. The van der Waals surface area contributed by atoms with Crippen LogP contribution >= 0.6 is 23.4 Å². The van der Waals surface area contributed by atoms with E-state index >= 15 is 0 Å². The summed E-state index contributed by atoms with van der Waals surface area (Å²) in [6.45, 7) is 1.90. The van der Waals surface area contributed by atoms with Gasteiger partial charge < -0.3 is 9.15 Å². The van der Waals surface area contributed by atoms with E-state index in [1.165, 1.54) is 18.2 Å². The number of ether oxygens (including phenoxy) is 1. The second-order valence-corrected chi connectivity index (χ2v) is 4.95. The van der Waals surface area contributed by atoms with Crippen LogP contribution in [0.3, 0.4) is 0 Å². The van der Waals surface area contributed by atoms with Crippen molar-refractivity contribution in [3.05, 3.63) is 40.5 Å². The van der Waals surface area contributed by atoms with Gasteiger partial charge in [-0.3, -0.25) is 0 Å². The summed E-state index contributed by atoms with van der Waals surface area (Å²) >= 11 is 7.09. The number of hydrogen-bond donors (Lipinski definition) is 0. The molecule has 0 aliphatic rings. The van der Waals surface area contributed by atoms with Crippen LogP contribution in [-0.2, 0) is 10.5 Å². The van der Waals surface area contributed by atoms with Gasteiger partial charge in [0.1, 0.15) is 5.82 Å². The predicted molar refractivity (Wildman–Crippen MR) is 71.2 cm³/mol. The first-order valence-corrected chi connectivity index (χ1v) is 7.04. The van der Waals surface area contributed by atoms with E-state index < -0.39 is 5.97 Å². The molecule has 0 spiro atoms. The Bertz CT molecular complexity index is 620. The molecule has 0 atom stereocenters. The number of nitrogens with zero attached hydrogens (tertiary/aromatic N) is 2. The Morgan fingerprint density at radius 3 is 3.05 bits per heavy atom. The number of aromatic nitrogens is 2. The fourth-order valence-corrected chi connectivity index (χ4v) is 2.35. The van der Waals surface area contributed by atoms with Crippen LogP contribution in [0, 0.1) is 5.82 Å². The van der Waals surface area contributed by atoms with Crippen LogP contribution in [0.15, 0.2) is 27.8 Å². The first-order chi connectivity index (χ1) is 9.60. The number of hydrogen-bond acceptors (Lipinski definition) is 6. The van der Waals surface area contributed by atoms with E-state index in [-0.39, 0.29) is 23.5 Å². The highest BCUT2D eigenvalue weighted by Gasteiger charge is 2.16. The van der Waals surface area contributed by atoms with Crippen molar-refractivity contribution in [2.24, 2.45) is 0 Å². The lowest BCUT2D eigenvalue weighted by Gasteiger charge is -2.01. The number of carbonyl (C=O) groups excluding carboxylic acids is 1. The van der Waals surface area contributed by atoms with Crippen molar-refractivity contribution in [2.45, 2.75) is 17.9 Å². The van der Waals surface area contributed by atoms with Crippen molar-refractivity contribution in [3.63, 3.8) is 0 Å². The molecule has 0 radical (unpaired) electrons. The Balaban J connectivity index is 2.01. The van der Waals surface area contributed by atoms with E-state index in [0.29, 0.717) is 16.3 Å². The summed E-state index contributed by atoms with van der Waals surface area (Å²) in [5.41, 5.74) is 0.604. The van der Waals surface area contributed by atoms with Crippen molar-refractivity contribution in [1.29, 1.82) is 0 Å². The summed E-state index contributed by atoms with van der Waals surface area (Å²) in [5.74, 6) is -0.904. The molecule has 1 aromatic heterocycles. The topological polar surface area (TPSA) is 65.2 Å². The fourth-order valence-electron chi connectivity index (χ4n) is 1.34. The molecule has 0 fully saturated rings. The third kappa shape index (κ3) is 3.71. The molecular formula is C12H10ClFN2O3S. The first-order valence-electron chi connectivity index (χ1n) is 5.67. The second kappa shape index (κ2) is 6.71. The number of carbonyl (C=O) groups is 1. The van der Waals surface area contributed by atoms with Crippen LogP contribution in [0.25, 0.3) is 0 Å². The average Bonchev–Trinajstić information content (AvgIpc) is 2.89. The molecule has 0 saturated heterocycles. The first kappa shape index (κ1) is 14.8. The number of rotatable bonds is 5. The van der Waals surface area contributed by atoms with Crippen LogP contribution in [0.5, 0.6) is 0 Å². The summed E-state index contributed by atoms with van der Waals surface area (Å²) in [5, 5.41) is 7.90. The molecule has 106 valence electrons. The molecule has 2 aromatic rings. The van der Waals surface area contributed by atoms with Crippen LogP contribution in [-0.4, -0.2) is 22.8 Å². The van der Waals surface area contributed by atoms with Crippen LogP contribution in [0.1, 0.15) is 23.2 Å². The minimum atomic E-state index is -0.671. The Kier molecular flexibility index (Phi) is 4.97. The van der Waals surface area contributed by atoms with Gasteiger partial charge in [-0.2, -0.15) is 0 Å². The van der Waals surface area contributed by atoms with Gasteiger partial charge in [0.25, 0.3) is 5.22 Å². The van der Waals surface area contributed by atoms with E-state index in [1.54, 1.807) is 6.92 Å². The molecule has 1 heterocycles. The second-order valence-electron chi connectivity index (χ2n) is 3.62. The van der Waals surface area contributed by atoms with E-state index in [9.17, 15) is 9.18 Å². The molecule has 0 N–H and O–H groups in total. The molecule has 5 nitrogen and oxygen atoms in total. The maximum atomic E-state index is 13.1. The minimum absolute atomic E-state index is 0.188. The number of halogens is 2. The zero-order valence-electron chi connectivity index (χ0n) is 10.4. The maximum absolute atomic E-state index is 13.1. The summed E-state index contributed by atoms with van der Waals surface area (Å²) in [4.78, 5) is 11.3. The Hall–Kier alpha value is -1.60. The average molecular weight is 317 g/mol. The zero-order chi connectivity index (χ0) is 14.5. The van der Waals surface area contributed by atoms with Crippen LogP contribution in [0.2, 0.25) is 5.02 Å². The highest BCUT2D eigenvalue weighted by atomic mass is 35.5. The SMILES string of the molecule is CCOC(=O)c1nnc(SCc2cc(F)ccc2Cl)o1. The summed E-state index contributed by atoms with van der Waals surface area (Å²) < 4.78 is 22.9. The Morgan fingerprint density at radius 2 is 2.30 bits per heavy atom. The smallest absolute Gasteiger partial charge is 0.396 e. The van der Waals surface area contributed by atoms with Gasteiger partial charge in [0.05, 0.1) is 6.61 Å². The van der Waals surface area contributed by atoms with Gasteiger partial charge in [0.2, 0.25) is 0 Å². The maximum Gasteiger partial charge on any atom is 0.396 e. The van der Waals surface area contributed by atoms with E-state index in [4.69, 9.17) is 20.8 Å². The number of esters is 1. The van der Waals surface area contributed by atoms with Crippen molar-refractivity contribution in [1.82, 2.24) is 10.2 Å². The third-order valence-corrected chi connectivity index (χ3v) is 3.45. The number of thioether (sulfide) groups is 1. The summed E-state index contributed by atoms with van der Waals surface area (Å²) in [6, 6.07) is 4.09. The summed E-state index contributed by atoms with van der Waals surface area (Å²) in [6.07, 6.45) is 0. The van der Waals surface area contributed by atoms with E-state index in [2.05, 4.69) is 10.2 Å². The molecule has 0 unspecified atom stereocenters. The summed E-state index contributed by atoms with van der Waals surface area (Å²) in [7, 11) is 0. The van der Waals surface area contributed by atoms with Gasteiger partial charge in [0, 0.05) is 10.8 Å². The lowest BCUT2D eigenvalue weighted by molar-refractivity contribution is 0.0475. The molecule has 8 heteroatoms. The van der Waals surface area contributed by atoms with Crippen molar-refractivity contribution < 1.29 is 18.3 Å². The molecule has 20 heavy (non-hydrogen) atoms. The zero-order valence-corrected chi connectivity index (χ0v) is 12.0. The molecule has 0 bridgehead atoms. The standard InChI is InChI=1S/C12H10ClFN2O3S/c1-2-18-11(17)10-15-16-12(19-10)20-6-7-5-8(14)3-4-9(7)13/h3-5H,2,6H2,1H3. The number of benzene rings is 1. The molecular weight excluding hydrogens is 307 g/mol. The van der Waals surface area contributed by atoms with E-state index in [1.807, 2.05) is 0 Å². The molecule has 0 aliphatic carbocycles. The van der Waals surface area contributed by atoms with E-state index in [0.717, 1.165) is 11.8 Å². The minimum Gasteiger partial charge on any atom is -0.459 e.